The average Bonchev–Trinajstić information content (AvgIpc) is 2.41. The van der Waals surface area contributed by atoms with E-state index in [1.165, 1.54) is 0 Å². The van der Waals surface area contributed by atoms with Gasteiger partial charge in [-0.15, -0.1) is 0 Å². The summed E-state index contributed by atoms with van der Waals surface area (Å²) >= 11 is 3.37. The van der Waals surface area contributed by atoms with E-state index in [0.29, 0.717) is 17.9 Å². The molecule has 1 amide bonds. The molecule has 2 aromatic heterocycles. The molecular formula is C13H11BrN4O. The molecule has 1 aliphatic heterocycles. The van der Waals surface area contributed by atoms with E-state index in [2.05, 4.69) is 31.2 Å². The molecule has 0 saturated heterocycles. The number of nitrogens with one attached hydrogen (secondary N) is 1. The molecule has 2 aromatic rings. The number of fused-ring (bicyclic) bond motifs is 1. The molecule has 0 saturated carbocycles. The average molecular weight is 319 g/mol. The number of rotatable bonds is 1. The SMILES string of the molecule is Nc1ncc(Br)cc1-c1ccc2c(n1)CCNC2=O. The first-order valence-electron chi connectivity index (χ1n) is 5.84. The van der Waals surface area contributed by atoms with Gasteiger partial charge in [-0.05, 0) is 34.1 Å². The summed E-state index contributed by atoms with van der Waals surface area (Å²) in [6.07, 6.45) is 2.38. The summed E-state index contributed by atoms with van der Waals surface area (Å²) < 4.78 is 0.842. The van der Waals surface area contributed by atoms with Crippen LogP contribution in [-0.4, -0.2) is 22.4 Å². The fourth-order valence-corrected chi connectivity index (χ4v) is 2.42. The number of hydrogen-bond donors (Lipinski definition) is 2. The van der Waals surface area contributed by atoms with Crippen LogP contribution in [-0.2, 0) is 6.42 Å². The number of carbonyl (C=O) groups excluding carboxylic acids is 1. The Morgan fingerprint density at radius 3 is 3.00 bits per heavy atom. The van der Waals surface area contributed by atoms with Crippen LogP contribution in [0.3, 0.4) is 0 Å². The zero-order valence-electron chi connectivity index (χ0n) is 9.98. The number of halogens is 1. The van der Waals surface area contributed by atoms with Crippen LogP contribution in [0, 0.1) is 0 Å². The molecular weight excluding hydrogens is 308 g/mol. The number of anilines is 1. The van der Waals surface area contributed by atoms with E-state index >= 15 is 0 Å². The van der Waals surface area contributed by atoms with Crippen molar-refractivity contribution in [3.8, 4) is 11.3 Å². The number of pyridine rings is 2. The molecule has 96 valence electrons. The van der Waals surface area contributed by atoms with Crippen molar-refractivity contribution < 1.29 is 4.79 Å². The summed E-state index contributed by atoms with van der Waals surface area (Å²) in [5.74, 6) is 0.358. The molecule has 3 rings (SSSR count). The van der Waals surface area contributed by atoms with E-state index in [4.69, 9.17) is 5.73 Å². The number of aromatic nitrogens is 2. The fraction of sp³-hybridized carbons (Fsp3) is 0.154. The Hall–Kier alpha value is -1.95. The van der Waals surface area contributed by atoms with Crippen LogP contribution in [0.4, 0.5) is 5.82 Å². The summed E-state index contributed by atoms with van der Waals surface area (Å²) in [4.78, 5) is 20.3. The van der Waals surface area contributed by atoms with Crippen molar-refractivity contribution in [3.05, 3.63) is 40.1 Å². The predicted molar refractivity (Wildman–Crippen MR) is 75.6 cm³/mol. The third kappa shape index (κ3) is 2.19. The van der Waals surface area contributed by atoms with Crippen LogP contribution in [0.5, 0.6) is 0 Å². The van der Waals surface area contributed by atoms with E-state index in [1.54, 1.807) is 18.3 Å². The minimum atomic E-state index is -0.0689. The van der Waals surface area contributed by atoms with Gasteiger partial charge < -0.3 is 11.1 Å². The highest BCUT2D eigenvalue weighted by atomic mass is 79.9. The molecule has 0 spiro atoms. The number of amides is 1. The van der Waals surface area contributed by atoms with Crippen molar-refractivity contribution in [1.82, 2.24) is 15.3 Å². The van der Waals surface area contributed by atoms with Crippen molar-refractivity contribution in [2.75, 3.05) is 12.3 Å². The van der Waals surface area contributed by atoms with E-state index < -0.39 is 0 Å². The van der Waals surface area contributed by atoms with Crippen molar-refractivity contribution in [1.29, 1.82) is 0 Å². The molecule has 0 aliphatic carbocycles. The van der Waals surface area contributed by atoms with Crippen LogP contribution in [0.2, 0.25) is 0 Å². The van der Waals surface area contributed by atoms with E-state index in [9.17, 15) is 4.79 Å². The van der Waals surface area contributed by atoms with Crippen molar-refractivity contribution >= 4 is 27.7 Å². The molecule has 6 heteroatoms. The molecule has 0 aromatic carbocycles. The molecule has 0 atom stereocenters. The summed E-state index contributed by atoms with van der Waals surface area (Å²) in [6, 6.07) is 5.45. The minimum absolute atomic E-state index is 0.0689. The van der Waals surface area contributed by atoms with E-state index in [1.807, 2.05) is 6.07 Å². The maximum Gasteiger partial charge on any atom is 0.253 e. The van der Waals surface area contributed by atoms with Crippen molar-refractivity contribution in [2.24, 2.45) is 0 Å². The number of nitrogen functional groups attached to an aromatic ring is 1. The summed E-state index contributed by atoms with van der Waals surface area (Å²) in [7, 11) is 0. The van der Waals surface area contributed by atoms with Crippen molar-refractivity contribution in [3.63, 3.8) is 0 Å². The molecule has 0 unspecified atom stereocenters. The quantitative estimate of drug-likeness (QED) is 0.839. The first-order chi connectivity index (χ1) is 9.15. The van der Waals surface area contributed by atoms with E-state index in [-0.39, 0.29) is 5.91 Å². The Morgan fingerprint density at radius 2 is 2.16 bits per heavy atom. The molecule has 3 heterocycles. The summed E-state index contributed by atoms with van der Waals surface area (Å²) in [5.41, 5.74) is 8.82. The lowest BCUT2D eigenvalue weighted by Gasteiger charge is -2.16. The fourth-order valence-electron chi connectivity index (χ4n) is 2.09. The Kier molecular flexibility index (Phi) is 2.94. The van der Waals surface area contributed by atoms with Gasteiger partial charge in [0.2, 0.25) is 0 Å². The molecule has 1 aliphatic rings. The standard InChI is InChI=1S/C13H11BrN4O/c14-7-5-9(12(15)17-6-7)10-2-1-8-11(18-10)3-4-16-13(8)19/h1-2,5-6H,3-4H2,(H2,15,17)(H,16,19). The molecule has 3 N–H and O–H groups in total. The normalized spacial score (nSPS) is 13.8. The van der Waals surface area contributed by atoms with Gasteiger partial charge in [-0.25, -0.2) is 4.98 Å². The third-order valence-corrected chi connectivity index (χ3v) is 3.46. The van der Waals surface area contributed by atoms with Crippen LogP contribution >= 0.6 is 15.9 Å². The first-order valence-corrected chi connectivity index (χ1v) is 6.64. The second kappa shape index (κ2) is 4.62. The Balaban J connectivity index is 2.11. The highest BCUT2D eigenvalue weighted by molar-refractivity contribution is 9.10. The smallest absolute Gasteiger partial charge is 0.253 e. The molecule has 0 bridgehead atoms. The molecule has 0 fully saturated rings. The number of hydrogen-bond acceptors (Lipinski definition) is 4. The lowest BCUT2D eigenvalue weighted by molar-refractivity contribution is 0.0945. The predicted octanol–water partition coefficient (Wildman–Crippen LogP) is 1.77. The van der Waals surface area contributed by atoms with Crippen molar-refractivity contribution in [2.45, 2.75) is 6.42 Å². The maximum absolute atomic E-state index is 11.7. The van der Waals surface area contributed by atoms with Gasteiger partial charge in [-0.2, -0.15) is 0 Å². The number of carbonyl (C=O) groups is 1. The van der Waals surface area contributed by atoms with Gasteiger partial charge in [0, 0.05) is 29.2 Å². The first kappa shape index (κ1) is 12.1. The third-order valence-electron chi connectivity index (χ3n) is 3.03. The van der Waals surface area contributed by atoms with Crippen LogP contribution < -0.4 is 11.1 Å². The number of nitrogens with two attached hydrogens (primary N) is 1. The van der Waals surface area contributed by atoms with Gasteiger partial charge >= 0.3 is 0 Å². The van der Waals surface area contributed by atoms with Crippen LogP contribution in [0.15, 0.2) is 28.9 Å². The second-order valence-corrected chi connectivity index (χ2v) is 5.20. The monoisotopic (exact) mass is 318 g/mol. The maximum atomic E-state index is 11.7. The zero-order valence-corrected chi connectivity index (χ0v) is 11.6. The molecule has 19 heavy (non-hydrogen) atoms. The minimum Gasteiger partial charge on any atom is -0.383 e. The lowest BCUT2D eigenvalue weighted by Crippen LogP contribution is -2.32. The van der Waals surface area contributed by atoms with Crippen LogP contribution in [0.25, 0.3) is 11.3 Å². The largest absolute Gasteiger partial charge is 0.383 e. The Bertz CT molecular complexity index is 672. The summed E-state index contributed by atoms with van der Waals surface area (Å²) in [6.45, 7) is 0.620. The zero-order chi connectivity index (χ0) is 13.4. The highest BCUT2D eigenvalue weighted by Crippen LogP contribution is 2.27. The van der Waals surface area contributed by atoms with Gasteiger partial charge in [-0.3, -0.25) is 9.78 Å². The van der Waals surface area contributed by atoms with Gasteiger partial charge in [0.1, 0.15) is 5.82 Å². The molecule has 5 nitrogen and oxygen atoms in total. The van der Waals surface area contributed by atoms with Crippen LogP contribution in [0.1, 0.15) is 16.1 Å². The lowest BCUT2D eigenvalue weighted by atomic mass is 10.0. The van der Waals surface area contributed by atoms with Gasteiger partial charge in [0.05, 0.1) is 17.0 Å². The Morgan fingerprint density at radius 1 is 1.32 bits per heavy atom. The Labute approximate surface area is 118 Å². The number of nitrogens with zero attached hydrogens (tertiary/aromatic N) is 2. The van der Waals surface area contributed by atoms with E-state index in [0.717, 1.165) is 27.8 Å². The van der Waals surface area contributed by atoms with Gasteiger partial charge in [0.15, 0.2) is 0 Å². The second-order valence-electron chi connectivity index (χ2n) is 4.28. The van der Waals surface area contributed by atoms with Gasteiger partial charge in [0.25, 0.3) is 5.91 Å². The summed E-state index contributed by atoms with van der Waals surface area (Å²) in [5, 5.41) is 2.79. The van der Waals surface area contributed by atoms with Gasteiger partial charge in [-0.1, -0.05) is 0 Å². The highest BCUT2D eigenvalue weighted by Gasteiger charge is 2.18. The molecule has 0 radical (unpaired) electrons. The topological polar surface area (TPSA) is 80.9 Å².